The number of pyridine rings is 2. The Morgan fingerprint density at radius 1 is 1.25 bits per heavy atom. The lowest BCUT2D eigenvalue weighted by atomic mass is 10.0. The van der Waals surface area contributed by atoms with Crippen LogP contribution >= 0.6 is 0 Å². The van der Waals surface area contributed by atoms with Gasteiger partial charge in [0.2, 0.25) is 0 Å². The summed E-state index contributed by atoms with van der Waals surface area (Å²) < 4.78 is 4.70. The number of benzene rings is 1. The van der Waals surface area contributed by atoms with Gasteiger partial charge in [0.15, 0.2) is 0 Å². The fraction of sp³-hybridized carbons (Fsp3) is 0.167. The van der Waals surface area contributed by atoms with Crippen LogP contribution < -0.4 is 11.1 Å². The van der Waals surface area contributed by atoms with Gasteiger partial charge in [0, 0.05) is 41.5 Å². The second-order valence-corrected chi connectivity index (χ2v) is 5.37. The molecule has 1 aromatic carbocycles. The first kappa shape index (κ1) is 15.9. The Bertz CT molecular complexity index is 861. The normalized spacial score (nSPS) is 11.9. The van der Waals surface area contributed by atoms with Crippen molar-refractivity contribution in [3.63, 3.8) is 0 Å². The maximum atomic E-state index is 11.6. The highest BCUT2D eigenvalue weighted by Gasteiger charge is 2.16. The van der Waals surface area contributed by atoms with E-state index in [0.29, 0.717) is 6.42 Å². The van der Waals surface area contributed by atoms with Crippen molar-refractivity contribution in [3.8, 4) is 0 Å². The fourth-order valence-electron chi connectivity index (χ4n) is 2.54. The van der Waals surface area contributed by atoms with Gasteiger partial charge in [-0.1, -0.05) is 18.2 Å². The minimum absolute atomic E-state index is 0.377. The molecule has 1 unspecified atom stereocenters. The lowest BCUT2D eigenvalue weighted by molar-refractivity contribution is -0.142. The molecular formula is C18H18N4O2. The number of hydrogen-bond donors (Lipinski definition) is 2. The molecule has 0 saturated heterocycles. The van der Waals surface area contributed by atoms with Gasteiger partial charge in [0.25, 0.3) is 0 Å². The molecule has 0 aliphatic carbocycles. The smallest absolute Gasteiger partial charge is 0.322 e. The van der Waals surface area contributed by atoms with E-state index in [2.05, 4.69) is 15.3 Å². The van der Waals surface area contributed by atoms with Gasteiger partial charge in [-0.05, 0) is 23.8 Å². The number of esters is 1. The van der Waals surface area contributed by atoms with Crippen LogP contribution in [0, 0.1) is 0 Å². The molecule has 2 heterocycles. The zero-order valence-electron chi connectivity index (χ0n) is 13.3. The lowest BCUT2D eigenvalue weighted by Gasteiger charge is -2.15. The van der Waals surface area contributed by atoms with Crippen LogP contribution in [0.2, 0.25) is 0 Å². The highest BCUT2D eigenvalue weighted by atomic mass is 16.5. The molecule has 6 nitrogen and oxygen atoms in total. The predicted molar refractivity (Wildman–Crippen MR) is 93.0 cm³/mol. The van der Waals surface area contributed by atoms with Crippen LogP contribution in [0.5, 0.6) is 0 Å². The summed E-state index contributed by atoms with van der Waals surface area (Å²) in [5.74, 6) is 0.299. The Morgan fingerprint density at radius 3 is 2.92 bits per heavy atom. The molecule has 0 fully saturated rings. The summed E-state index contributed by atoms with van der Waals surface area (Å²) in [6.45, 7) is 0. The van der Waals surface area contributed by atoms with Crippen molar-refractivity contribution in [2.24, 2.45) is 5.73 Å². The monoisotopic (exact) mass is 322 g/mol. The first-order chi connectivity index (χ1) is 11.7. The number of carbonyl (C=O) groups is 1. The largest absolute Gasteiger partial charge is 0.468 e. The minimum Gasteiger partial charge on any atom is -0.468 e. The van der Waals surface area contributed by atoms with Crippen molar-refractivity contribution in [3.05, 3.63) is 60.6 Å². The third-order valence-electron chi connectivity index (χ3n) is 3.78. The number of anilines is 2. The van der Waals surface area contributed by atoms with Crippen molar-refractivity contribution in [2.45, 2.75) is 12.5 Å². The Labute approximate surface area is 139 Å². The number of methoxy groups -OCH3 is 1. The van der Waals surface area contributed by atoms with Gasteiger partial charge in [-0.25, -0.2) is 4.98 Å². The summed E-state index contributed by atoms with van der Waals surface area (Å²) in [5.41, 5.74) is 7.66. The van der Waals surface area contributed by atoms with Crippen LogP contribution in [0.1, 0.15) is 5.56 Å². The molecule has 3 rings (SSSR count). The Hall–Kier alpha value is -2.99. The topological polar surface area (TPSA) is 90.1 Å². The van der Waals surface area contributed by atoms with Crippen LogP contribution in [0.3, 0.4) is 0 Å². The lowest BCUT2D eigenvalue weighted by Crippen LogP contribution is -2.33. The van der Waals surface area contributed by atoms with Gasteiger partial charge in [-0.3, -0.25) is 9.78 Å². The molecule has 0 spiro atoms. The summed E-state index contributed by atoms with van der Waals surface area (Å²) in [6.07, 6.45) is 5.63. The van der Waals surface area contributed by atoms with Crippen molar-refractivity contribution in [1.29, 1.82) is 0 Å². The highest BCUT2D eigenvalue weighted by molar-refractivity contribution is 5.92. The van der Waals surface area contributed by atoms with Crippen molar-refractivity contribution < 1.29 is 9.53 Å². The van der Waals surface area contributed by atoms with Gasteiger partial charge >= 0.3 is 5.97 Å². The Kier molecular flexibility index (Phi) is 4.67. The summed E-state index contributed by atoms with van der Waals surface area (Å²) in [6, 6.07) is 10.8. The molecule has 0 bridgehead atoms. The maximum absolute atomic E-state index is 11.6. The number of para-hydroxylation sites is 1. The van der Waals surface area contributed by atoms with Gasteiger partial charge in [0.05, 0.1) is 7.11 Å². The summed E-state index contributed by atoms with van der Waals surface area (Å²) >= 11 is 0. The molecule has 3 aromatic rings. The van der Waals surface area contributed by atoms with E-state index in [1.54, 1.807) is 18.6 Å². The van der Waals surface area contributed by atoms with Crippen molar-refractivity contribution >= 4 is 28.2 Å². The second-order valence-electron chi connectivity index (χ2n) is 5.37. The SMILES string of the molecule is COC(=O)C(N)Cc1ccccc1Nc1nccc2cnccc12. The van der Waals surface area contributed by atoms with Crippen LogP contribution in [0.25, 0.3) is 10.8 Å². The van der Waals surface area contributed by atoms with E-state index in [1.807, 2.05) is 36.4 Å². The highest BCUT2D eigenvalue weighted by Crippen LogP contribution is 2.26. The van der Waals surface area contributed by atoms with Crippen LogP contribution in [0.15, 0.2) is 55.0 Å². The van der Waals surface area contributed by atoms with E-state index in [4.69, 9.17) is 10.5 Å². The van der Waals surface area contributed by atoms with E-state index < -0.39 is 12.0 Å². The second kappa shape index (κ2) is 7.06. The zero-order chi connectivity index (χ0) is 16.9. The first-order valence-corrected chi connectivity index (χ1v) is 7.56. The number of fused-ring (bicyclic) bond motifs is 1. The molecule has 3 N–H and O–H groups in total. The van der Waals surface area contributed by atoms with Gasteiger partial charge < -0.3 is 15.8 Å². The quantitative estimate of drug-likeness (QED) is 0.701. The first-order valence-electron chi connectivity index (χ1n) is 7.56. The average molecular weight is 322 g/mol. The van der Waals surface area contributed by atoms with Crippen molar-refractivity contribution in [2.75, 3.05) is 12.4 Å². The molecule has 1 atom stereocenters. The predicted octanol–water partition coefficient (Wildman–Crippen LogP) is 2.42. The molecule has 0 aliphatic heterocycles. The van der Waals surface area contributed by atoms with Crippen LogP contribution in [-0.4, -0.2) is 29.1 Å². The van der Waals surface area contributed by atoms with Crippen LogP contribution in [0.4, 0.5) is 11.5 Å². The van der Waals surface area contributed by atoms with Gasteiger partial charge in [0.1, 0.15) is 11.9 Å². The fourth-order valence-corrected chi connectivity index (χ4v) is 2.54. The molecule has 0 radical (unpaired) electrons. The van der Waals surface area contributed by atoms with E-state index in [9.17, 15) is 4.79 Å². The number of hydrogen-bond acceptors (Lipinski definition) is 6. The third-order valence-corrected chi connectivity index (χ3v) is 3.78. The van der Waals surface area contributed by atoms with E-state index in [-0.39, 0.29) is 0 Å². The molecule has 0 saturated carbocycles. The molecule has 2 aromatic heterocycles. The van der Waals surface area contributed by atoms with Crippen molar-refractivity contribution in [1.82, 2.24) is 9.97 Å². The zero-order valence-corrected chi connectivity index (χ0v) is 13.3. The number of ether oxygens (including phenoxy) is 1. The Morgan fingerprint density at radius 2 is 2.08 bits per heavy atom. The number of nitrogens with one attached hydrogen (secondary N) is 1. The molecule has 6 heteroatoms. The maximum Gasteiger partial charge on any atom is 0.322 e. The number of carbonyl (C=O) groups excluding carboxylic acids is 1. The average Bonchev–Trinajstić information content (AvgIpc) is 2.63. The molecular weight excluding hydrogens is 304 g/mol. The summed E-state index contributed by atoms with van der Waals surface area (Å²) in [7, 11) is 1.33. The molecule has 0 aliphatic rings. The van der Waals surface area contributed by atoms with E-state index in [1.165, 1.54) is 7.11 Å². The molecule has 24 heavy (non-hydrogen) atoms. The van der Waals surface area contributed by atoms with E-state index >= 15 is 0 Å². The summed E-state index contributed by atoms with van der Waals surface area (Å²) in [4.78, 5) is 20.1. The number of rotatable bonds is 5. The number of nitrogens with zero attached hydrogens (tertiary/aromatic N) is 2. The van der Waals surface area contributed by atoms with E-state index in [0.717, 1.165) is 27.8 Å². The molecule has 0 amide bonds. The third kappa shape index (κ3) is 3.33. The van der Waals surface area contributed by atoms with Crippen LogP contribution in [-0.2, 0) is 16.0 Å². The standard InChI is InChI=1S/C18H18N4O2/c1-24-18(23)15(19)10-12-4-2-3-5-16(12)22-17-14-7-8-20-11-13(14)6-9-21-17/h2-9,11,15H,10,19H2,1H3,(H,21,22). The summed E-state index contributed by atoms with van der Waals surface area (Å²) in [5, 5.41) is 5.30. The van der Waals surface area contributed by atoms with Gasteiger partial charge in [-0.15, -0.1) is 0 Å². The number of aromatic nitrogens is 2. The number of nitrogens with two attached hydrogens (primary N) is 1. The molecule has 122 valence electrons. The van der Waals surface area contributed by atoms with Gasteiger partial charge in [-0.2, -0.15) is 0 Å². The Balaban J connectivity index is 1.91. The minimum atomic E-state index is -0.706.